The molecule has 0 aliphatic rings. The fourth-order valence-corrected chi connectivity index (χ4v) is 2.82. The first-order chi connectivity index (χ1) is 9.86. The number of carbonyl (C=O) groups is 1. The number of hydrogen-bond donors (Lipinski definition) is 1. The fraction of sp³-hybridized carbons (Fsp3) is 0.286. The number of hydrogen-bond acceptors (Lipinski definition) is 4. The highest BCUT2D eigenvalue weighted by Gasteiger charge is 2.18. The molecule has 1 atom stereocenters. The van der Waals surface area contributed by atoms with Crippen LogP contribution in [0.5, 0.6) is 5.75 Å². The fourth-order valence-electron chi connectivity index (χ4n) is 1.55. The van der Waals surface area contributed by atoms with Crippen LogP contribution < -0.4 is 10.1 Å². The zero-order valence-electron chi connectivity index (χ0n) is 11.7. The van der Waals surface area contributed by atoms with E-state index < -0.39 is 6.10 Å². The molecule has 7 heteroatoms. The summed E-state index contributed by atoms with van der Waals surface area (Å²) in [6, 6.07) is 4.85. The zero-order valence-corrected chi connectivity index (χ0v) is 14.1. The maximum atomic E-state index is 12.1. The monoisotopic (exact) mass is 344 g/mol. The molecule has 1 unspecified atom stereocenters. The number of anilines is 1. The molecule has 1 amide bonds. The van der Waals surface area contributed by atoms with E-state index in [1.807, 2.05) is 13.8 Å². The second kappa shape index (κ2) is 6.64. The number of aromatic nitrogens is 1. The first-order valence-corrected chi connectivity index (χ1v) is 7.80. The summed E-state index contributed by atoms with van der Waals surface area (Å²) in [7, 11) is 0. The van der Waals surface area contributed by atoms with Gasteiger partial charge in [-0.2, -0.15) is 0 Å². The Labute approximate surface area is 137 Å². The summed E-state index contributed by atoms with van der Waals surface area (Å²) in [5.74, 6) is 0.130. The van der Waals surface area contributed by atoms with E-state index in [2.05, 4.69) is 10.3 Å². The Bertz CT molecular complexity index is 653. The SMILES string of the molecule is Cc1nc(NC(=O)C(C)Oc2ccc(Cl)cc2Cl)sc1C. The topological polar surface area (TPSA) is 51.2 Å². The molecule has 1 N–H and O–H groups in total. The molecule has 21 heavy (non-hydrogen) atoms. The molecule has 1 heterocycles. The lowest BCUT2D eigenvalue weighted by atomic mass is 10.3. The standard InChI is InChI=1S/C14H14Cl2N2O2S/c1-7-9(3)21-14(17-7)18-13(19)8(2)20-12-5-4-10(15)6-11(12)16/h4-6,8H,1-3H3,(H,17,18,19). The first-order valence-electron chi connectivity index (χ1n) is 6.23. The summed E-state index contributed by atoms with van der Waals surface area (Å²) >= 11 is 13.3. The minimum Gasteiger partial charge on any atom is -0.479 e. The summed E-state index contributed by atoms with van der Waals surface area (Å²) in [5, 5.41) is 4.17. The predicted molar refractivity (Wildman–Crippen MR) is 86.8 cm³/mol. The average Bonchev–Trinajstić information content (AvgIpc) is 2.71. The average molecular weight is 345 g/mol. The number of benzene rings is 1. The molecule has 0 saturated carbocycles. The van der Waals surface area contributed by atoms with Crippen LogP contribution in [-0.2, 0) is 4.79 Å². The number of nitrogens with zero attached hydrogens (tertiary/aromatic N) is 1. The lowest BCUT2D eigenvalue weighted by Crippen LogP contribution is -2.30. The van der Waals surface area contributed by atoms with Gasteiger partial charge in [0, 0.05) is 9.90 Å². The molecule has 0 spiro atoms. The Morgan fingerprint density at radius 3 is 2.67 bits per heavy atom. The van der Waals surface area contributed by atoms with Crippen molar-refractivity contribution in [3.63, 3.8) is 0 Å². The van der Waals surface area contributed by atoms with Gasteiger partial charge < -0.3 is 4.74 Å². The molecule has 0 radical (unpaired) electrons. The quantitative estimate of drug-likeness (QED) is 0.889. The van der Waals surface area contributed by atoms with E-state index in [9.17, 15) is 4.79 Å². The van der Waals surface area contributed by atoms with Crippen molar-refractivity contribution < 1.29 is 9.53 Å². The number of amides is 1. The Kier molecular flexibility index (Phi) is 5.08. The van der Waals surface area contributed by atoms with Gasteiger partial charge in [0.15, 0.2) is 11.2 Å². The van der Waals surface area contributed by atoms with Crippen molar-refractivity contribution in [2.45, 2.75) is 26.9 Å². The molecule has 0 aliphatic heterocycles. The Morgan fingerprint density at radius 1 is 1.38 bits per heavy atom. The molecule has 0 saturated heterocycles. The van der Waals surface area contributed by atoms with Crippen molar-refractivity contribution in [2.75, 3.05) is 5.32 Å². The number of halogens is 2. The number of nitrogens with one attached hydrogen (secondary N) is 1. The number of rotatable bonds is 4. The van der Waals surface area contributed by atoms with Crippen molar-refractivity contribution in [1.82, 2.24) is 4.98 Å². The highest BCUT2D eigenvalue weighted by atomic mass is 35.5. The highest BCUT2D eigenvalue weighted by molar-refractivity contribution is 7.15. The van der Waals surface area contributed by atoms with Crippen LogP contribution in [0.25, 0.3) is 0 Å². The van der Waals surface area contributed by atoms with E-state index in [0.29, 0.717) is 20.9 Å². The molecule has 2 aromatic rings. The van der Waals surface area contributed by atoms with Crippen molar-refractivity contribution in [2.24, 2.45) is 0 Å². The van der Waals surface area contributed by atoms with E-state index in [1.54, 1.807) is 25.1 Å². The minimum atomic E-state index is -0.701. The van der Waals surface area contributed by atoms with E-state index in [-0.39, 0.29) is 5.91 Å². The van der Waals surface area contributed by atoms with E-state index in [4.69, 9.17) is 27.9 Å². The molecular formula is C14H14Cl2N2O2S. The molecular weight excluding hydrogens is 331 g/mol. The number of carbonyl (C=O) groups excluding carboxylic acids is 1. The highest BCUT2D eigenvalue weighted by Crippen LogP contribution is 2.28. The van der Waals surface area contributed by atoms with Crippen LogP contribution in [0.15, 0.2) is 18.2 Å². The summed E-state index contributed by atoms with van der Waals surface area (Å²) < 4.78 is 5.55. The predicted octanol–water partition coefficient (Wildman–Crippen LogP) is 4.47. The third-order valence-electron chi connectivity index (χ3n) is 2.83. The third kappa shape index (κ3) is 4.09. The van der Waals surface area contributed by atoms with Gasteiger partial charge in [0.2, 0.25) is 0 Å². The summed E-state index contributed by atoms with van der Waals surface area (Å²) in [6.45, 7) is 5.50. The van der Waals surface area contributed by atoms with Gasteiger partial charge in [0.05, 0.1) is 10.7 Å². The Balaban J connectivity index is 2.02. The zero-order chi connectivity index (χ0) is 15.6. The van der Waals surface area contributed by atoms with Gasteiger partial charge in [-0.3, -0.25) is 10.1 Å². The lowest BCUT2D eigenvalue weighted by Gasteiger charge is -2.14. The van der Waals surface area contributed by atoms with Gasteiger partial charge in [-0.15, -0.1) is 11.3 Å². The maximum absolute atomic E-state index is 12.1. The van der Waals surface area contributed by atoms with Crippen LogP contribution in [0.3, 0.4) is 0 Å². The Hall–Kier alpha value is -1.30. The second-order valence-corrected chi connectivity index (χ2v) is 6.53. The van der Waals surface area contributed by atoms with E-state index in [0.717, 1.165) is 10.6 Å². The minimum absolute atomic E-state index is 0.283. The molecule has 0 bridgehead atoms. The second-order valence-electron chi connectivity index (χ2n) is 4.48. The van der Waals surface area contributed by atoms with Crippen molar-refractivity contribution >= 4 is 45.6 Å². The van der Waals surface area contributed by atoms with Crippen LogP contribution >= 0.6 is 34.5 Å². The lowest BCUT2D eigenvalue weighted by molar-refractivity contribution is -0.122. The van der Waals surface area contributed by atoms with Gasteiger partial charge in [-0.25, -0.2) is 4.98 Å². The van der Waals surface area contributed by atoms with Crippen LogP contribution in [-0.4, -0.2) is 17.0 Å². The van der Waals surface area contributed by atoms with E-state index >= 15 is 0 Å². The van der Waals surface area contributed by atoms with E-state index in [1.165, 1.54) is 11.3 Å². The van der Waals surface area contributed by atoms with Crippen LogP contribution in [0.4, 0.5) is 5.13 Å². The summed E-state index contributed by atoms with van der Waals surface area (Å²) in [6.07, 6.45) is -0.701. The number of ether oxygens (including phenoxy) is 1. The summed E-state index contributed by atoms with van der Waals surface area (Å²) in [4.78, 5) is 17.4. The normalized spacial score (nSPS) is 12.0. The van der Waals surface area contributed by atoms with Crippen molar-refractivity contribution in [3.8, 4) is 5.75 Å². The van der Waals surface area contributed by atoms with Crippen LogP contribution in [0, 0.1) is 13.8 Å². The largest absolute Gasteiger partial charge is 0.479 e. The van der Waals surface area contributed by atoms with Crippen molar-refractivity contribution in [3.05, 3.63) is 38.8 Å². The molecule has 1 aromatic carbocycles. The Morgan fingerprint density at radius 2 is 2.10 bits per heavy atom. The van der Waals surface area contributed by atoms with Gasteiger partial charge in [-0.05, 0) is 39.0 Å². The molecule has 112 valence electrons. The first kappa shape index (κ1) is 16.1. The molecule has 4 nitrogen and oxygen atoms in total. The molecule has 0 fully saturated rings. The van der Waals surface area contributed by atoms with Gasteiger partial charge in [0.25, 0.3) is 5.91 Å². The summed E-state index contributed by atoms with van der Waals surface area (Å²) in [5.41, 5.74) is 0.907. The van der Waals surface area contributed by atoms with Gasteiger partial charge in [-0.1, -0.05) is 23.2 Å². The number of aryl methyl sites for hydroxylation is 2. The third-order valence-corrected chi connectivity index (χ3v) is 4.34. The number of thiazole rings is 1. The van der Waals surface area contributed by atoms with Crippen LogP contribution in [0.1, 0.15) is 17.5 Å². The smallest absolute Gasteiger partial charge is 0.266 e. The molecule has 0 aliphatic carbocycles. The van der Waals surface area contributed by atoms with Gasteiger partial charge >= 0.3 is 0 Å². The van der Waals surface area contributed by atoms with Crippen LogP contribution in [0.2, 0.25) is 10.0 Å². The van der Waals surface area contributed by atoms with Crippen molar-refractivity contribution in [1.29, 1.82) is 0 Å². The maximum Gasteiger partial charge on any atom is 0.266 e. The molecule has 1 aromatic heterocycles. The van der Waals surface area contributed by atoms with Gasteiger partial charge in [0.1, 0.15) is 5.75 Å². The molecule has 2 rings (SSSR count).